The maximum absolute atomic E-state index is 14.4. The normalized spacial score (nSPS) is 18.8. The first-order valence-electron chi connectivity index (χ1n) is 8.85. The van der Waals surface area contributed by atoms with E-state index in [-0.39, 0.29) is 11.4 Å². The molecule has 2 fully saturated rings. The Labute approximate surface area is 155 Å². The highest BCUT2D eigenvalue weighted by molar-refractivity contribution is 5.85. The summed E-state index contributed by atoms with van der Waals surface area (Å²) < 4.78 is 25.9. The van der Waals surface area contributed by atoms with Crippen LogP contribution in [0.1, 0.15) is 12.8 Å². The van der Waals surface area contributed by atoms with Crippen LogP contribution >= 0.6 is 0 Å². The molecule has 0 atom stereocenters. The van der Waals surface area contributed by atoms with E-state index in [2.05, 4.69) is 4.90 Å². The third-order valence-corrected chi connectivity index (χ3v) is 5.19. The molecule has 7 nitrogen and oxygen atoms in total. The van der Waals surface area contributed by atoms with Crippen molar-refractivity contribution in [2.75, 3.05) is 36.9 Å². The fourth-order valence-corrected chi connectivity index (χ4v) is 3.78. The van der Waals surface area contributed by atoms with E-state index < -0.39 is 16.5 Å². The lowest BCUT2D eigenvalue weighted by atomic mass is 9.97. The smallest absolute Gasteiger partial charge is 0.292 e. The lowest BCUT2D eigenvalue weighted by molar-refractivity contribution is -0.383. The number of nitro groups is 1. The fraction of sp³-hybridized carbons (Fsp3) is 0.368. The maximum atomic E-state index is 14.4. The van der Waals surface area contributed by atoms with Crippen molar-refractivity contribution < 1.29 is 18.8 Å². The number of rotatable bonds is 3. The Hall–Kier alpha value is -2.71. The summed E-state index contributed by atoms with van der Waals surface area (Å²) in [7, 11) is 0. The van der Waals surface area contributed by atoms with E-state index in [9.17, 15) is 14.5 Å². The van der Waals surface area contributed by atoms with Crippen molar-refractivity contribution in [1.82, 2.24) is 0 Å². The predicted molar refractivity (Wildman–Crippen MR) is 99.0 cm³/mol. The first-order chi connectivity index (χ1) is 13.0. The molecule has 0 aliphatic carbocycles. The minimum Gasteiger partial charge on any atom is -0.393 e. The van der Waals surface area contributed by atoms with Crippen LogP contribution in [0.5, 0.6) is 0 Å². The van der Waals surface area contributed by atoms with Crippen molar-refractivity contribution in [1.29, 1.82) is 0 Å². The largest absolute Gasteiger partial charge is 0.393 e. The first kappa shape index (κ1) is 17.7. The van der Waals surface area contributed by atoms with Gasteiger partial charge in [0.25, 0.3) is 5.69 Å². The van der Waals surface area contributed by atoms with Crippen LogP contribution in [0, 0.1) is 15.9 Å². The van der Waals surface area contributed by atoms with Gasteiger partial charge in [0.15, 0.2) is 5.79 Å². The van der Waals surface area contributed by atoms with E-state index in [1.165, 1.54) is 12.1 Å². The molecule has 2 saturated heterocycles. The zero-order chi connectivity index (χ0) is 19.0. The van der Waals surface area contributed by atoms with E-state index in [1.54, 1.807) is 24.3 Å². The number of nitro benzene ring substituents is 1. The van der Waals surface area contributed by atoms with Crippen LogP contribution in [0.2, 0.25) is 0 Å². The number of halogens is 1. The second-order valence-electron chi connectivity index (χ2n) is 6.76. The molecule has 27 heavy (non-hydrogen) atoms. The molecule has 2 aromatic carbocycles. The number of nitrogens with zero attached hydrogens (tertiary/aromatic N) is 2. The highest BCUT2D eigenvalue weighted by Crippen LogP contribution is 2.41. The third-order valence-electron chi connectivity index (χ3n) is 5.19. The van der Waals surface area contributed by atoms with Crippen LogP contribution in [-0.2, 0) is 9.47 Å². The van der Waals surface area contributed by atoms with Gasteiger partial charge in [-0.3, -0.25) is 10.1 Å². The molecule has 0 radical (unpaired) electrons. The zero-order valence-electron chi connectivity index (χ0n) is 14.7. The van der Waals surface area contributed by atoms with Gasteiger partial charge < -0.3 is 20.1 Å². The minimum absolute atomic E-state index is 0.0590. The standard InChI is InChI=1S/C19H20FN3O4/c20-15-4-2-1-3-13(15)14-11-18(23(24)25)16(21)12-17(14)22-7-5-19(6-8-22)26-9-10-27-19/h1-4,11-12H,5-10,21H2. The van der Waals surface area contributed by atoms with Gasteiger partial charge in [-0.05, 0) is 12.1 Å². The Kier molecular flexibility index (Phi) is 4.45. The molecule has 8 heteroatoms. The molecule has 0 bridgehead atoms. The Bertz CT molecular complexity index is 873. The molecule has 2 heterocycles. The minimum atomic E-state index is -0.547. The fourth-order valence-electron chi connectivity index (χ4n) is 3.78. The van der Waals surface area contributed by atoms with Gasteiger partial charge in [-0.2, -0.15) is 0 Å². The summed E-state index contributed by atoms with van der Waals surface area (Å²) in [5.74, 6) is -0.977. The van der Waals surface area contributed by atoms with Crippen molar-refractivity contribution in [3.8, 4) is 11.1 Å². The van der Waals surface area contributed by atoms with Crippen LogP contribution in [0.3, 0.4) is 0 Å². The second-order valence-corrected chi connectivity index (χ2v) is 6.76. The van der Waals surface area contributed by atoms with E-state index in [4.69, 9.17) is 15.2 Å². The molecular weight excluding hydrogens is 353 g/mol. The lowest BCUT2D eigenvalue weighted by Crippen LogP contribution is -2.45. The molecule has 2 aromatic rings. The van der Waals surface area contributed by atoms with Gasteiger partial charge in [0.2, 0.25) is 0 Å². The number of benzene rings is 2. The Balaban J connectivity index is 1.74. The third kappa shape index (κ3) is 3.22. The van der Waals surface area contributed by atoms with Crippen molar-refractivity contribution in [2.24, 2.45) is 0 Å². The van der Waals surface area contributed by atoms with Gasteiger partial charge in [0, 0.05) is 48.8 Å². The average Bonchev–Trinajstić information content (AvgIpc) is 3.11. The Morgan fingerprint density at radius 1 is 1.11 bits per heavy atom. The molecule has 142 valence electrons. The number of hydrogen-bond acceptors (Lipinski definition) is 6. The number of nitrogens with two attached hydrogens (primary N) is 1. The number of nitrogen functional groups attached to an aromatic ring is 1. The summed E-state index contributed by atoms with van der Waals surface area (Å²) >= 11 is 0. The molecule has 0 unspecified atom stereocenters. The van der Waals surface area contributed by atoms with Crippen molar-refractivity contribution >= 4 is 17.1 Å². The van der Waals surface area contributed by atoms with E-state index in [0.29, 0.717) is 56.0 Å². The van der Waals surface area contributed by atoms with Gasteiger partial charge in [-0.25, -0.2) is 4.39 Å². The SMILES string of the molecule is Nc1cc(N2CCC3(CC2)OCCO3)c(-c2ccccc2F)cc1[N+](=O)[O-]. The van der Waals surface area contributed by atoms with Crippen molar-refractivity contribution in [3.05, 3.63) is 52.3 Å². The second kappa shape index (κ2) is 6.79. The van der Waals surface area contributed by atoms with Crippen LogP contribution in [0.4, 0.5) is 21.5 Å². The van der Waals surface area contributed by atoms with Crippen LogP contribution in [0.15, 0.2) is 36.4 Å². The van der Waals surface area contributed by atoms with E-state index in [0.717, 1.165) is 0 Å². The van der Waals surface area contributed by atoms with Crippen LogP contribution < -0.4 is 10.6 Å². The molecule has 0 aromatic heterocycles. The molecule has 4 rings (SSSR count). The molecule has 2 aliphatic rings. The van der Waals surface area contributed by atoms with Gasteiger partial charge in [0.1, 0.15) is 11.5 Å². The average molecular weight is 373 g/mol. The molecule has 0 amide bonds. The highest BCUT2D eigenvalue weighted by atomic mass is 19.1. The molecule has 0 saturated carbocycles. The van der Waals surface area contributed by atoms with E-state index in [1.807, 2.05) is 0 Å². The molecular formula is C19H20FN3O4. The Morgan fingerprint density at radius 3 is 2.41 bits per heavy atom. The maximum Gasteiger partial charge on any atom is 0.292 e. The van der Waals surface area contributed by atoms with Crippen molar-refractivity contribution in [2.45, 2.75) is 18.6 Å². The van der Waals surface area contributed by atoms with Crippen molar-refractivity contribution in [3.63, 3.8) is 0 Å². The Morgan fingerprint density at radius 2 is 1.78 bits per heavy atom. The number of hydrogen-bond donors (Lipinski definition) is 1. The first-order valence-corrected chi connectivity index (χ1v) is 8.85. The van der Waals surface area contributed by atoms with Gasteiger partial charge >= 0.3 is 0 Å². The molecule has 1 spiro atoms. The summed E-state index contributed by atoms with van der Waals surface area (Å²) in [6.07, 6.45) is 1.33. The highest BCUT2D eigenvalue weighted by Gasteiger charge is 2.40. The summed E-state index contributed by atoms with van der Waals surface area (Å²) in [5, 5.41) is 11.3. The summed E-state index contributed by atoms with van der Waals surface area (Å²) in [4.78, 5) is 12.8. The van der Waals surface area contributed by atoms with Gasteiger partial charge in [-0.15, -0.1) is 0 Å². The topological polar surface area (TPSA) is 90.9 Å². The lowest BCUT2D eigenvalue weighted by Gasteiger charge is -2.39. The molecule has 2 aliphatic heterocycles. The monoisotopic (exact) mass is 373 g/mol. The predicted octanol–water partition coefficient (Wildman–Crippen LogP) is 3.33. The van der Waals surface area contributed by atoms with Crippen LogP contribution in [0.25, 0.3) is 11.1 Å². The quantitative estimate of drug-likeness (QED) is 0.504. The van der Waals surface area contributed by atoms with Gasteiger partial charge in [0.05, 0.1) is 18.1 Å². The summed E-state index contributed by atoms with van der Waals surface area (Å²) in [6, 6.07) is 9.17. The van der Waals surface area contributed by atoms with E-state index >= 15 is 0 Å². The summed E-state index contributed by atoms with van der Waals surface area (Å²) in [5.41, 5.74) is 7.19. The van der Waals surface area contributed by atoms with Crippen LogP contribution in [-0.4, -0.2) is 37.0 Å². The summed E-state index contributed by atoms with van der Waals surface area (Å²) in [6.45, 7) is 2.42. The number of piperidine rings is 1. The van der Waals surface area contributed by atoms with Gasteiger partial charge in [-0.1, -0.05) is 18.2 Å². The number of anilines is 2. The zero-order valence-corrected chi connectivity index (χ0v) is 14.7. The number of ether oxygens (including phenoxy) is 2. The molecule has 2 N–H and O–H groups in total.